The number of halogens is 1. The molecule has 0 radical (unpaired) electrons. The fraction of sp³-hybridized carbons (Fsp3) is 0.500. The van der Waals surface area contributed by atoms with Crippen molar-refractivity contribution in [1.29, 1.82) is 0 Å². The van der Waals surface area contributed by atoms with Gasteiger partial charge in [0.1, 0.15) is 11.1 Å². The Kier molecular flexibility index (Phi) is 4.45. The number of carbonyl (C=O) groups is 2. The van der Waals surface area contributed by atoms with Gasteiger partial charge in [-0.25, -0.2) is 4.79 Å². The van der Waals surface area contributed by atoms with E-state index in [2.05, 4.69) is 0 Å². The van der Waals surface area contributed by atoms with Gasteiger partial charge in [-0.1, -0.05) is 24.4 Å². The molecule has 24 heavy (non-hydrogen) atoms. The van der Waals surface area contributed by atoms with Crippen LogP contribution in [0.1, 0.15) is 42.5 Å². The van der Waals surface area contributed by atoms with E-state index >= 15 is 0 Å². The van der Waals surface area contributed by atoms with Crippen LogP contribution < -0.4 is 0 Å². The van der Waals surface area contributed by atoms with Gasteiger partial charge in [0.05, 0.1) is 4.92 Å². The SMILES string of the molecule is O=C(O)C1CC2CCCCC2N1C(=O)c1ccc([N+](=O)[O-])c(Cl)c1. The van der Waals surface area contributed by atoms with Crippen molar-refractivity contribution >= 4 is 29.2 Å². The van der Waals surface area contributed by atoms with Gasteiger partial charge >= 0.3 is 5.97 Å². The van der Waals surface area contributed by atoms with Gasteiger partial charge < -0.3 is 10.0 Å². The van der Waals surface area contributed by atoms with Gasteiger partial charge in [-0.15, -0.1) is 0 Å². The predicted molar refractivity (Wildman–Crippen MR) is 86.1 cm³/mol. The third-order valence-electron chi connectivity index (χ3n) is 5.00. The van der Waals surface area contributed by atoms with Crippen LogP contribution >= 0.6 is 11.6 Å². The Morgan fingerprint density at radius 2 is 2.00 bits per heavy atom. The maximum atomic E-state index is 12.9. The standard InChI is InChI=1S/C16H17ClN2O5/c17-11-7-10(5-6-13(11)19(23)24)15(20)18-12-4-2-1-3-9(12)8-14(18)16(21)22/h5-7,9,12,14H,1-4,8H2,(H,21,22). The lowest BCUT2D eigenvalue weighted by Gasteiger charge is -2.33. The first-order valence-electron chi connectivity index (χ1n) is 7.89. The van der Waals surface area contributed by atoms with E-state index in [0.717, 1.165) is 25.7 Å². The maximum Gasteiger partial charge on any atom is 0.326 e. The minimum atomic E-state index is -1.01. The van der Waals surface area contributed by atoms with Crippen LogP contribution in [0.4, 0.5) is 5.69 Å². The molecule has 0 aromatic heterocycles. The van der Waals surface area contributed by atoms with Crippen LogP contribution in [-0.2, 0) is 4.79 Å². The minimum Gasteiger partial charge on any atom is -0.480 e. The largest absolute Gasteiger partial charge is 0.480 e. The number of carbonyl (C=O) groups excluding carboxylic acids is 1. The van der Waals surface area contributed by atoms with E-state index in [1.165, 1.54) is 23.1 Å². The first kappa shape index (κ1) is 16.7. The number of hydrogen-bond acceptors (Lipinski definition) is 4. The Balaban J connectivity index is 1.93. The number of benzene rings is 1. The number of amides is 1. The Morgan fingerprint density at radius 1 is 1.29 bits per heavy atom. The van der Waals surface area contributed by atoms with E-state index in [-0.39, 0.29) is 28.2 Å². The molecule has 3 unspecified atom stereocenters. The molecule has 8 heteroatoms. The van der Waals surface area contributed by atoms with Crippen LogP contribution in [0.2, 0.25) is 5.02 Å². The third kappa shape index (κ3) is 2.84. The molecule has 1 amide bonds. The number of aliphatic carboxylic acids is 1. The number of carboxylic acids is 1. The van der Waals surface area contributed by atoms with Crippen molar-refractivity contribution in [3.05, 3.63) is 38.9 Å². The Morgan fingerprint density at radius 3 is 2.62 bits per heavy atom. The quantitative estimate of drug-likeness (QED) is 0.665. The molecule has 2 fully saturated rings. The minimum absolute atomic E-state index is 0.0821. The van der Waals surface area contributed by atoms with Gasteiger partial charge in [-0.05, 0) is 37.3 Å². The highest BCUT2D eigenvalue weighted by atomic mass is 35.5. The van der Waals surface area contributed by atoms with Gasteiger partial charge in [0, 0.05) is 17.7 Å². The van der Waals surface area contributed by atoms with Crippen LogP contribution in [0.25, 0.3) is 0 Å². The van der Waals surface area contributed by atoms with Crippen LogP contribution in [0.5, 0.6) is 0 Å². The molecule has 0 spiro atoms. The van der Waals surface area contributed by atoms with Crippen molar-refractivity contribution in [2.75, 3.05) is 0 Å². The van der Waals surface area contributed by atoms with E-state index in [9.17, 15) is 24.8 Å². The second-order valence-electron chi connectivity index (χ2n) is 6.34. The summed E-state index contributed by atoms with van der Waals surface area (Å²) >= 11 is 5.88. The number of carboxylic acid groups (broad SMARTS) is 1. The van der Waals surface area contributed by atoms with Crippen molar-refractivity contribution in [1.82, 2.24) is 4.90 Å². The molecule has 1 aliphatic carbocycles. The van der Waals surface area contributed by atoms with Gasteiger partial charge in [0.25, 0.3) is 11.6 Å². The molecule has 2 aliphatic rings. The molecule has 1 aliphatic heterocycles. The summed E-state index contributed by atoms with van der Waals surface area (Å²) in [5.74, 6) is -1.23. The molecule has 7 nitrogen and oxygen atoms in total. The first-order valence-corrected chi connectivity index (χ1v) is 8.27. The van der Waals surface area contributed by atoms with Gasteiger partial charge in [-0.3, -0.25) is 14.9 Å². The van der Waals surface area contributed by atoms with Crippen molar-refractivity contribution in [2.45, 2.75) is 44.2 Å². The summed E-state index contributed by atoms with van der Waals surface area (Å²) in [6.07, 6.45) is 4.21. The van der Waals surface area contributed by atoms with Gasteiger partial charge in [0.15, 0.2) is 0 Å². The second kappa shape index (κ2) is 6.39. The molecule has 1 N–H and O–H groups in total. The van der Waals surface area contributed by atoms with Crippen molar-refractivity contribution in [3.63, 3.8) is 0 Å². The van der Waals surface area contributed by atoms with Crippen LogP contribution in [0.3, 0.4) is 0 Å². The topological polar surface area (TPSA) is 101 Å². The fourth-order valence-electron chi connectivity index (χ4n) is 3.91. The molecule has 1 saturated carbocycles. The summed E-state index contributed by atoms with van der Waals surface area (Å²) in [6, 6.07) is 2.83. The maximum absolute atomic E-state index is 12.9. The molecule has 128 valence electrons. The summed E-state index contributed by atoms with van der Waals surface area (Å²) in [6.45, 7) is 0. The van der Waals surface area contributed by atoms with E-state index in [1.54, 1.807) is 0 Å². The highest BCUT2D eigenvalue weighted by Gasteiger charge is 2.47. The summed E-state index contributed by atoms with van der Waals surface area (Å²) in [5.41, 5.74) is -0.0944. The number of rotatable bonds is 3. The zero-order valence-corrected chi connectivity index (χ0v) is 13.6. The third-order valence-corrected chi connectivity index (χ3v) is 5.30. The summed E-state index contributed by atoms with van der Waals surface area (Å²) in [4.78, 5) is 36.1. The lowest BCUT2D eigenvalue weighted by atomic mass is 9.84. The number of fused-ring (bicyclic) bond motifs is 1. The van der Waals surface area contributed by atoms with Crippen molar-refractivity contribution in [3.8, 4) is 0 Å². The lowest BCUT2D eigenvalue weighted by Crippen LogP contribution is -2.46. The normalized spacial score (nSPS) is 26.0. The van der Waals surface area contributed by atoms with Crippen molar-refractivity contribution < 1.29 is 19.6 Å². The molecular formula is C16H17ClN2O5. The molecule has 0 bridgehead atoms. The van der Waals surface area contributed by atoms with Crippen molar-refractivity contribution in [2.24, 2.45) is 5.92 Å². The Bertz CT molecular complexity index is 708. The van der Waals surface area contributed by atoms with Gasteiger partial charge in [-0.2, -0.15) is 0 Å². The molecular weight excluding hydrogens is 336 g/mol. The number of likely N-dealkylation sites (tertiary alicyclic amines) is 1. The average molecular weight is 353 g/mol. The molecule has 1 aromatic carbocycles. The Labute approximate surface area is 143 Å². The van der Waals surface area contributed by atoms with E-state index in [4.69, 9.17) is 11.6 Å². The zero-order valence-electron chi connectivity index (χ0n) is 12.9. The monoisotopic (exact) mass is 352 g/mol. The number of nitro groups is 1. The number of nitrogens with zero attached hydrogens (tertiary/aromatic N) is 2. The summed E-state index contributed by atoms with van der Waals surface area (Å²) in [5, 5.41) is 20.2. The summed E-state index contributed by atoms with van der Waals surface area (Å²) < 4.78 is 0. The second-order valence-corrected chi connectivity index (χ2v) is 6.74. The zero-order chi connectivity index (χ0) is 17.4. The highest BCUT2D eigenvalue weighted by molar-refractivity contribution is 6.33. The lowest BCUT2D eigenvalue weighted by molar-refractivity contribution is -0.384. The first-order chi connectivity index (χ1) is 11.4. The molecule has 3 rings (SSSR count). The van der Waals surface area contributed by atoms with E-state index in [1.807, 2.05) is 0 Å². The Hall–Kier alpha value is -2.15. The van der Waals surface area contributed by atoms with Crippen LogP contribution in [0.15, 0.2) is 18.2 Å². The molecule has 1 saturated heterocycles. The molecule has 3 atom stereocenters. The van der Waals surface area contributed by atoms with E-state index < -0.39 is 22.8 Å². The van der Waals surface area contributed by atoms with Crippen LogP contribution in [-0.4, -0.2) is 38.9 Å². The summed E-state index contributed by atoms with van der Waals surface area (Å²) in [7, 11) is 0. The average Bonchev–Trinajstić information content (AvgIpc) is 2.93. The van der Waals surface area contributed by atoms with E-state index in [0.29, 0.717) is 6.42 Å². The molecule has 1 aromatic rings. The number of hydrogen-bond donors (Lipinski definition) is 1. The molecule has 1 heterocycles. The smallest absolute Gasteiger partial charge is 0.326 e. The van der Waals surface area contributed by atoms with Gasteiger partial charge in [0.2, 0.25) is 0 Å². The van der Waals surface area contributed by atoms with Crippen LogP contribution in [0, 0.1) is 16.0 Å². The predicted octanol–water partition coefficient (Wildman–Crippen LogP) is 3.11. The number of nitro benzene ring substituents is 1. The highest BCUT2D eigenvalue weighted by Crippen LogP contribution is 2.40. The fourth-order valence-corrected chi connectivity index (χ4v) is 4.16.